The highest BCUT2D eigenvalue weighted by Gasteiger charge is 2.24. The van der Waals surface area contributed by atoms with E-state index >= 15 is 0 Å². The minimum atomic E-state index is 0.468. The molecule has 16 heavy (non-hydrogen) atoms. The maximum absolute atomic E-state index is 6.04. The fourth-order valence-electron chi connectivity index (χ4n) is 3.19. The highest BCUT2D eigenvalue weighted by atomic mass is 16.5. The number of piperidine rings is 1. The van der Waals surface area contributed by atoms with Crippen LogP contribution in [0.1, 0.15) is 38.5 Å². The normalized spacial score (nSPS) is 34.1. The van der Waals surface area contributed by atoms with E-state index in [1.807, 2.05) is 7.11 Å². The fourth-order valence-corrected chi connectivity index (χ4v) is 3.19. The Balaban J connectivity index is 1.69. The Hall–Kier alpha value is -0.120. The molecular weight excluding hydrogens is 200 g/mol. The van der Waals surface area contributed by atoms with Crippen LogP contribution < -0.4 is 5.73 Å². The smallest absolute Gasteiger partial charge is 0.0595 e. The summed E-state index contributed by atoms with van der Waals surface area (Å²) < 4.78 is 5.40. The van der Waals surface area contributed by atoms with E-state index in [2.05, 4.69) is 4.90 Å². The first-order chi connectivity index (χ1) is 7.78. The van der Waals surface area contributed by atoms with Crippen molar-refractivity contribution in [2.75, 3.05) is 26.7 Å². The molecule has 1 saturated heterocycles. The topological polar surface area (TPSA) is 38.5 Å². The lowest BCUT2D eigenvalue weighted by Crippen LogP contribution is -2.41. The molecule has 2 rings (SSSR count). The standard InChI is InChI=1S/C13H26N2O/c1-16-13-5-7-15(8-6-13)10-11-3-2-4-12(14)9-11/h11-13H,2-10,14H2,1H3. The van der Waals surface area contributed by atoms with Gasteiger partial charge in [0.1, 0.15) is 0 Å². The predicted octanol–water partition coefficient (Wildman–Crippen LogP) is 1.61. The van der Waals surface area contributed by atoms with E-state index in [1.54, 1.807) is 0 Å². The molecule has 1 aliphatic heterocycles. The first kappa shape index (κ1) is 12.3. The second kappa shape index (κ2) is 5.99. The molecule has 0 radical (unpaired) electrons. The lowest BCUT2D eigenvalue weighted by Gasteiger charge is -2.36. The zero-order chi connectivity index (χ0) is 11.4. The molecule has 0 aromatic heterocycles. The molecule has 0 amide bonds. The van der Waals surface area contributed by atoms with Gasteiger partial charge in [-0.3, -0.25) is 0 Å². The number of hydrogen-bond acceptors (Lipinski definition) is 3. The molecule has 0 aromatic carbocycles. The minimum Gasteiger partial charge on any atom is -0.381 e. The molecule has 0 bridgehead atoms. The second-order valence-corrected chi connectivity index (χ2v) is 5.53. The van der Waals surface area contributed by atoms with E-state index in [-0.39, 0.29) is 0 Å². The van der Waals surface area contributed by atoms with Gasteiger partial charge in [-0.15, -0.1) is 0 Å². The number of rotatable bonds is 3. The Morgan fingerprint density at radius 1 is 1.19 bits per heavy atom. The van der Waals surface area contributed by atoms with Crippen LogP contribution in [0.3, 0.4) is 0 Å². The van der Waals surface area contributed by atoms with Crippen LogP contribution in [0, 0.1) is 5.92 Å². The molecular formula is C13H26N2O. The number of nitrogens with zero attached hydrogens (tertiary/aromatic N) is 1. The van der Waals surface area contributed by atoms with Crippen molar-refractivity contribution in [3.8, 4) is 0 Å². The van der Waals surface area contributed by atoms with Gasteiger partial charge in [0, 0.05) is 32.8 Å². The number of methoxy groups -OCH3 is 1. The van der Waals surface area contributed by atoms with E-state index in [0.717, 1.165) is 5.92 Å². The van der Waals surface area contributed by atoms with Gasteiger partial charge in [0.15, 0.2) is 0 Å². The van der Waals surface area contributed by atoms with Crippen LogP contribution in [-0.2, 0) is 4.74 Å². The van der Waals surface area contributed by atoms with Gasteiger partial charge in [0.2, 0.25) is 0 Å². The summed E-state index contributed by atoms with van der Waals surface area (Å²) in [6, 6.07) is 0.468. The van der Waals surface area contributed by atoms with Crippen LogP contribution in [0.25, 0.3) is 0 Å². The molecule has 0 aromatic rings. The van der Waals surface area contributed by atoms with Gasteiger partial charge in [0.05, 0.1) is 6.10 Å². The molecule has 3 heteroatoms. The van der Waals surface area contributed by atoms with Crippen molar-refractivity contribution in [3.63, 3.8) is 0 Å². The lowest BCUT2D eigenvalue weighted by molar-refractivity contribution is 0.0342. The molecule has 2 unspecified atom stereocenters. The van der Waals surface area contributed by atoms with Crippen molar-refractivity contribution in [1.29, 1.82) is 0 Å². The van der Waals surface area contributed by atoms with E-state index < -0.39 is 0 Å². The lowest BCUT2D eigenvalue weighted by atomic mass is 9.85. The summed E-state index contributed by atoms with van der Waals surface area (Å²) in [4.78, 5) is 2.61. The van der Waals surface area contributed by atoms with Crippen LogP contribution in [0.5, 0.6) is 0 Å². The third-order valence-corrected chi connectivity index (χ3v) is 4.21. The van der Waals surface area contributed by atoms with Crippen molar-refractivity contribution in [2.24, 2.45) is 11.7 Å². The summed E-state index contributed by atoms with van der Waals surface area (Å²) >= 11 is 0. The van der Waals surface area contributed by atoms with E-state index in [9.17, 15) is 0 Å². The van der Waals surface area contributed by atoms with Crippen molar-refractivity contribution in [3.05, 3.63) is 0 Å². The number of likely N-dealkylation sites (tertiary alicyclic amines) is 1. The van der Waals surface area contributed by atoms with E-state index in [1.165, 1.54) is 58.2 Å². The zero-order valence-corrected chi connectivity index (χ0v) is 10.5. The van der Waals surface area contributed by atoms with Crippen LogP contribution in [0.2, 0.25) is 0 Å². The third kappa shape index (κ3) is 3.44. The molecule has 1 heterocycles. The van der Waals surface area contributed by atoms with Gasteiger partial charge in [-0.2, -0.15) is 0 Å². The summed E-state index contributed by atoms with van der Waals surface area (Å²) in [7, 11) is 1.83. The number of hydrogen-bond donors (Lipinski definition) is 1. The summed E-state index contributed by atoms with van der Waals surface area (Å²) in [5.41, 5.74) is 6.04. The molecule has 2 atom stereocenters. The first-order valence-electron chi connectivity index (χ1n) is 6.78. The molecule has 1 saturated carbocycles. The maximum Gasteiger partial charge on any atom is 0.0595 e. The van der Waals surface area contributed by atoms with E-state index in [4.69, 9.17) is 10.5 Å². The van der Waals surface area contributed by atoms with Crippen molar-refractivity contribution < 1.29 is 4.74 Å². The van der Waals surface area contributed by atoms with Crippen LogP contribution in [0.4, 0.5) is 0 Å². The van der Waals surface area contributed by atoms with Gasteiger partial charge in [-0.1, -0.05) is 6.42 Å². The summed E-state index contributed by atoms with van der Waals surface area (Å²) in [5.74, 6) is 0.850. The fraction of sp³-hybridized carbons (Fsp3) is 1.00. The Morgan fingerprint density at radius 3 is 2.56 bits per heavy atom. The number of ether oxygens (including phenoxy) is 1. The monoisotopic (exact) mass is 226 g/mol. The average molecular weight is 226 g/mol. The minimum absolute atomic E-state index is 0.468. The van der Waals surface area contributed by atoms with Gasteiger partial charge in [-0.05, 0) is 38.0 Å². The molecule has 1 aliphatic carbocycles. The largest absolute Gasteiger partial charge is 0.381 e. The predicted molar refractivity (Wildman–Crippen MR) is 66.4 cm³/mol. The second-order valence-electron chi connectivity index (χ2n) is 5.53. The Morgan fingerprint density at radius 2 is 1.94 bits per heavy atom. The van der Waals surface area contributed by atoms with Crippen LogP contribution >= 0.6 is 0 Å². The van der Waals surface area contributed by atoms with Crippen LogP contribution in [-0.4, -0.2) is 43.8 Å². The van der Waals surface area contributed by atoms with Crippen molar-refractivity contribution >= 4 is 0 Å². The molecule has 94 valence electrons. The Bertz CT molecular complexity index is 202. The molecule has 2 fully saturated rings. The highest BCUT2D eigenvalue weighted by molar-refractivity contribution is 4.80. The molecule has 3 nitrogen and oxygen atoms in total. The Kier molecular flexibility index (Phi) is 4.62. The van der Waals surface area contributed by atoms with Crippen molar-refractivity contribution in [2.45, 2.75) is 50.7 Å². The SMILES string of the molecule is COC1CCN(CC2CCCC(N)C2)CC1. The Labute approximate surface area is 99.3 Å². The third-order valence-electron chi connectivity index (χ3n) is 4.21. The molecule has 0 spiro atoms. The quantitative estimate of drug-likeness (QED) is 0.794. The molecule has 2 aliphatic rings. The zero-order valence-electron chi connectivity index (χ0n) is 10.5. The van der Waals surface area contributed by atoms with Gasteiger partial charge >= 0.3 is 0 Å². The van der Waals surface area contributed by atoms with Crippen LogP contribution in [0.15, 0.2) is 0 Å². The van der Waals surface area contributed by atoms with Crippen molar-refractivity contribution in [1.82, 2.24) is 4.90 Å². The summed E-state index contributed by atoms with van der Waals surface area (Å²) in [6.07, 6.45) is 8.11. The summed E-state index contributed by atoms with van der Waals surface area (Å²) in [5, 5.41) is 0. The summed E-state index contributed by atoms with van der Waals surface area (Å²) in [6.45, 7) is 3.69. The maximum atomic E-state index is 6.04. The van der Waals surface area contributed by atoms with Gasteiger partial charge in [0.25, 0.3) is 0 Å². The van der Waals surface area contributed by atoms with Gasteiger partial charge < -0.3 is 15.4 Å². The molecule has 2 N–H and O–H groups in total. The van der Waals surface area contributed by atoms with E-state index in [0.29, 0.717) is 12.1 Å². The highest BCUT2D eigenvalue weighted by Crippen LogP contribution is 2.25. The first-order valence-corrected chi connectivity index (χ1v) is 6.78. The van der Waals surface area contributed by atoms with Gasteiger partial charge in [-0.25, -0.2) is 0 Å². The number of nitrogens with two attached hydrogens (primary N) is 1. The average Bonchev–Trinajstić information content (AvgIpc) is 2.30.